The Kier molecular flexibility index (Phi) is 3.97. The van der Waals surface area contributed by atoms with Gasteiger partial charge in [0.15, 0.2) is 0 Å². The summed E-state index contributed by atoms with van der Waals surface area (Å²) in [6.45, 7) is 7.20. The van der Waals surface area contributed by atoms with Crippen LogP contribution in [0.15, 0.2) is 0 Å². The largest absolute Gasteiger partial charge is 0.328 e. The Balaban J connectivity index is 1.51. The number of piperazine rings is 1. The summed E-state index contributed by atoms with van der Waals surface area (Å²) in [5, 5.41) is 3.57. The summed E-state index contributed by atoms with van der Waals surface area (Å²) in [6, 6.07) is 1.17. The van der Waals surface area contributed by atoms with Crippen molar-refractivity contribution in [1.29, 1.82) is 0 Å². The van der Waals surface area contributed by atoms with E-state index < -0.39 is 0 Å². The van der Waals surface area contributed by atoms with E-state index in [1.165, 1.54) is 45.6 Å². The molecule has 0 bridgehead atoms. The second-order valence-corrected chi connectivity index (χ2v) is 5.03. The van der Waals surface area contributed by atoms with Crippen LogP contribution in [-0.2, 0) is 0 Å². The van der Waals surface area contributed by atoms with Gasteiger partial charge in [-0.3, -0.25) is 4.90 Å². The Hall–Kier alpha value is -0.160. The molecule has 2 fully saturated rings. The average molecular weight is 212 g/mol. The molecule has 0 amide bonds. The topological polar surface area (TPSA) is 44.5 Å². The number of nitrogens with zero attached hydrogens (tertiary/aromatic N) is 2. The molecule has 1 saturated carbocycles. The van der Waals surface area contributed by atoms with Gasteiger partial charge >= 0.3 is 0 Å². The number of nitrogens with one attached hydrogen (secondary N) is 1. The highest BCUT2D eigenvalue weighted by Crippen LogP contribution is 2.16. The Bertz CT molecular complexity index is 183. The standard InChI is InChI=1S/C11H24N4/c1-14-4-6-15(7-5-14)3-2-13-11-8-10(12)9-11/h10-11,13H,2-9,12H2,1H3. The molecule has 0 aromatic rings. The molecule has 1 aliphatic heterocycles. The average Bonchev–Trinajstić information content (AvgIpc) is 2.18. The third-order valence-electron chi connectivity index (χ3n) is 3.63. The van der Waals surface area contributed by atoms with Crippen molar-refractivity contribution in [2.75, 3.05) is 46.3 Å². The molecular weight excluding hydrogens is 188 g/mol. The smallest absolute Gasteiger partial charge is 0.0110 e. The van der Waals surface area contributed by atoms with Crippen LogP contribution in [0.4, 0.5) is 0 Å². The van der Waals surface area contributed by atoms with Crippen molar-refractivity contribution >= 4 is 0 Å². The summed E-state index contributed by atoms with van der Waals surface area (Å²) in [6.07, 6.45) is 2.34. The summed E-state index contributed by atoms with van der Waals surface area (Å²) in [5.41, 5.74) is 5.74. The van der Waals surface area contributed by atoms with E-state index in [9.17, 15) is 0 Å². The van der Waals surface area contributed by atoms with Crippen LogP contribution < -0.4 is 11.1 Å². The third-order valence-corrected chi connectivity index (χ3v) is 3.63. The maximum absolute atomic E-state index is 5.74. The van der Waals surface area contributed by atoms with E-state index in [1.807, 2.05) is 0 Å². The molecular formula is C11H24N4. The number of nitrogens with two attached hydrogens (primary N) is 1. The molecule has 0 atom stereocenters. The first-order valence-electron chi connectivity index (χ1n) is 6.14. The first-order chi connectivity index (χ1) is 7.24. The van der Waals surface area contributed by atoms with Gasteiger partial charge in [-0.2, -0.15) is 0 Å². The van der Waals surface area contributed by atoms with Gasteiger partial charge in [0.05, 0.1) is 0 Å². The van der Waals surface area contributed by atoms with Gasteiger partial charge in [0, 0.05) is 51.4 Å². The summed E-state index contributed by atoms with van der Waals surface area (Å²) in [5.74, 6) is 0. The molecule has 0 unspecified atom stereocenters. The van der Waals surface area contributed by atoms with E-state index in [2.05, 4.69) is 22.2 Å². The molecule has 1 heterocycles. The van der Waals surface area contributed by atoms with Crippen LogP contribution >= 0.6 is 0 Å². The Labute approximate surface area is 92.8 Å². The molecule has 2 aliphatic rings. The van der Waals surface area contributed by atoms with Crippen LogP contribution in [0.25, 0.3) is 0 Å². The Morgan fingerprint density at radius 1 is 1.20 bits per heavy atom. The minimum absolute atomic E-state index is 0.464. The van der Waals surface area contributed by atoms with Crippen LogP contribution in [-0.4, -0.2) is 68.2 Å². The fraction of sp³-hybridized carbons (Fsp3) is 1.00. The van der Waals surface area contributed by atoms with Gasteiger partial charge in [-0.1, -0.05) is 0 Å². The van der Waals surface area contributed by atoms with Gasteiger partial charge in [-0.05, 0) is 19.9 Å². The minimum atomic E-state index is 0.464. The van der Waals surface area contributed by atoms with Crippen molar-refractivity contribution in [2.45, 2.75) is 24.9 Å². The molecule has 88 valence electrons. The molecule has 0 radical (unpaired) electrons. The zero-order valence-electron chi connectivity index (χ0n) is 9.78. The van der Waals surface area contributed by atoms with Crippen LogP contribution in [0.2, 0.25) is 0 Å². The fourth-order valence-corrected chi connectivity index (χ4v) is 2.33. The van der Waals surface area contributed by atoms with Gasteiger partial charge in [0.1, 0.15) is 0 Å². The lowest BCUT2D eigenvalue weighted by Crippen LogP contribution is -2.51. The van der Waals surface area contributed by atoms with Gasteiger partial charge < -0.3 is 16.0 Å². The first kappa shape index (κ1) is 11.3. The monoisotopic (exact) mass is 212 g/mol. The quantitative estimate of drug-likeness (QED) is 0.648. The molecule has 4 heteroatoms. The molecule has 3 N–H and O–H groups in total. The lowest BCUT2D eigenvalue weighted by molar-refractivity contribution is 0.150. The van der Waals surface area contributed by atoms with Crippen LogP contribution in [0.1, 0.15) is 12.8 Å². The maximum Gasteiger partial charge on any atom is 0.0110 e. The predicted octanol–water partition coefficient (Wildman–Crippen LogP) is -0.687. The third kappa shape index (κ3) is 3.41. The first-order valence-corrected chi connectivity index (χ1v) is 6.14. The number of likely N-dealkylation sites (N-methyl/N-ethyl adjacent to an activating group) is 1. The molecule has 0 aromatic heterocycles. The lowest BCUT2D eigenvalue weighted by atomic mass is 9.88. The molecule has 0 aromatic carbocycles. The predicted molar refractivity (Wildman–Crippen MR) is 62.9 cm³/mol. The number of hydrogen-bond acceptors (Lipinski definition) is 4. The van der Waals surface area contributed by atoms with Gasteiger partial charge in [-0.25, -0.2) is 0 Å². The van der Waals surface area contributed by atoms with E-state index in [1.54, 1.807) is 0 Å². The van der Waals surface area contributed by atoms with Crippen molar-refractivity contribution in [1.82, 2.24) is 15.1 Å². The SMILES string of the molecule is CN1CCN(CCNC2CC(N)C2)CC1. The van der Waals surface area contributed by atoms with E-state index in [0.29, 0.717) is 12.1 Å². The second-order valence-electron chi connectivity index (χ2n) is 5.03. The molecule has 4 nitrogen and oxygen atoms in total. The fourth-order valence-electron chi connectivity index (χ4n) is 2.33. The highest BCUT2D eigenvalue weighted by atomic mass is 15.2. The molecule has 1 aliphatic carbocycles. The van der Waals surface area contributed by atoms with E-state index >= 15 is 0 Å². The van der Waals surface area contributed by atoms with Crippen molar-refractivity contribution in [2.24, 2.45) is 5.73 Å². The van der Waals surface area contributed by atoms with Gasteiger partial charge in [0.25, 0.3) is 0 Å². The van der Waals surface area contributed by atoms with Gasteiger partial charge in [-0.15, -0.1) is 0 Å². The molecule has 15 heavy (non-hydrogen) atoms. The molecule has 1 saturated heterocycles. The van der Waals surface area contributed by atoms with Gasteiger partial charge in [0.2, 0.25) is 0 Å². The summed E-state index contributed by atoms with van der Waals surface area (Å²) >= 11 is 0. The van der Waals surface area contributed by atoms with Crippen molar-refractivity contribution < 1.29 is 0 Å². The van der Waals surface area contributed by atoms with E-state index in [0.717, 1.165) is 6.54 Å². The van der Waals surface area contributed by atoms with Crippen molar-refractivity contribution in [3.05, 3.63) is 0 Å². The lowest BCUT2D eigenvalue weighted by Gasteiger charge is -2.35. The van der Waals surface area contributed by atoms with E-state index in [-0.39, 0.29) is 0 Å². The van der Waals surface area contributed by atoms with Crippen LogP contribution in [0.3, 0.4) is 0 Å². The van der Waals surface area contributed by atoms with E-state index in [4.69, 9.17) is 5.73 Å². The highest BCUT2D eigenvalue weighted by Gasteiger charge is 2.25. The second kappa shape index (κ2) is 5.25. The maximum atomic E-state index is 5.74. The van der Waals surface area contributed by atoms with Crippen molar-refractivity contribution in [3.63, 3.8) is 0 Å². The Morgan fingerprint density at radius 3 is 2.47 bits per heavy atom. The Morgan fingerprint density at radius 2 is 1.87 bits per heavy atom. The van der Waals surface area contributed by atoms with Crippen LogP contribution in [0.5, 0.6) is 0 Å². The zero-order chi connectivity index (χ0) is 10.7. The highest BCUT2D eigenvalue weighted by molar-refractivity contribution is 4.87. The summed E-state index contributed by atoms with van der Waals surface area (Å²) in [7, 11) is 2.20. The normalized spacial score (nSPS) is 34.0. The van der Waals surface area contributed by atoms with Crippen LogP contribution in [0, 0.1) is 0 Å². The minimum Gasteiger partial charge on any atom is -0.328 e. The molecule has 0 spiro atoms. The summed E-state index contributed by atoms with van der Waals surface area (Å²) < 4.78 is 0. The van der Waals surface area contributed by atoms with Crippen molar-refractivity contribution in [3.8, 4) is 0 Å². The number of hydrogen-bond donors (Lipinski definition) is 2. The zero-order valence-corrected chi connectivity index (χ0v) is 9.78. The number of rotatable bonds is 4. The molecule has 2 rings (SSSR count). The summed E-state index contributed by atoms with van der Waals surface area (Å²) in [4.78, 5) is 4.94.